The molecule has 0 saturated heterocycles. The number of carbonyl (C=O) groups excluding carboxylic acids is 1. The lowest BCUT2D eigenvalue weighted by molar-refractivity contribution is -0.110. The molecule has 1 N–H and O–H groups in total. The van der Waals surface area contributed by atoms with E-state index in [0.29, 0.717) is 14.7 Å². The Hall–Kier alpha value is -0.220. The highest BCUT2D eigenvalue weighted by molar-refractivity contribution is 9.13. The van der Waals surface area contributed by atoms with E-state index in [-0.39, 0.29) is 5.78 Å². The number of allylic oxidation sites excluding steroid dienone is 4. The van der Waals surface area contributed by atoms with Crippen molar-refractivity contribution < 1.29 is 4.79 Å². The highest BCUT2D eigenvalue weighted by Crippen LogP contribution is 2.21. The van der Waals surface area contributed by atoms with Crippen LogP contribution in [-0.2, 0) is 4.79 Å². The molecule has 52 valence electrons. The van der Waals surface area contributed by atoms with E-state index in [1.807, 2.05) is 0 Å². The Morgan fingerprint density at radius 3 is 2.00 bits per heavy atom. The molecule has 0 bridgehead atoms. The van der Waals surface area contributed by atoms with Crippen LogP contribution >= 0.6 is 31.9 Å². The molecule has 0 aromatic rings. The molecule has 0 aromatic carbocycles. The summed E-state index contributed by atoms with van der Waals surface area (Å²) in [5, 5.41) is 7.17. The van der Waals surface area contributed by atoms with Gasteiger partial charge in [-0.1, -0.05) is 0 Å². The van der Waals surface area contributed by atoms with Crippen molar-refractivity contribution in [3.8, 4) is 0 Å². The first-order valence-corrected chi connectivity index (χ1v) is 4.07. The van der Waals surface area contributed by atoms with E-state index in [9.17, 15) is 4.79 Å². The maximum Gasteiger partial charge on any atom is 0.207 e. The van der Waals surface area contributed by atoms with Crippen LogP contribution in [0.15, 0.2) is 21.1 Å². The van der Waals surface area contributed by atoms with Gasteiger partial charge in [0.05, 0.1) is 14.7 Å². The second kappa shape index (κ2) is 2.80. The second-order valence-corrected chi connectivity index (χ2v) is 3.48. The summed E-state index contributed by atoms with van der Waals surface area (Å²) >= 11 is 6.07. The summed E-state index contributed by atoms with van der Waals surface area (Å²) in [5.74, 6) is -0.115. The van der Waals surface area contributed by atoms with Crippen LogP contribution in [0.1, 0.15) is 0 Å². The van der Waals surface area contributed by atoms with E-state index >= 15 is 0 Å². The van der Waals surface area contributed by atoms with Gasteiger partial charge < -0.3 is 5.41 Å². The third-order valence-electron chi connectivity index (χ3n) is 0.998. The van der Waals surface area contributed by atoms with Gasteiger partial charge in [0, 0.05) is 0 Å². The molecule has 1 rings (SSSR count). The number of Topliss-reactive ketones (excluding diaryl/α,β-unsaturated/α-hetero) is 1. The van der Waals surface area contributed by atoms with Crippen LogP contribution in [0.5, 0.6) is 0 Å². The van der Waals surface area contributed by atoms with E-state index in [1.165, 1.54) is 12.2 Å². The number of hydrogen-bond donors (Lipinski definition) is 1. The third-order valence-corrected chi connectivity index (χ3v) is 2.18. The first-order valence-electron chi connectivity index (χ1n) is 2.49. The van der Waals surface area contributed by atoms with Gasteiger partial charge >= 0.3 is 0 Å². The van der Waals surface area contributed by atoms with Crippen molar-refractivity contribution in [2.24, 2.45) is 0 Å². The van der Waals surface area contributed by atoms with Crippen molar-refractivity contribution >= 4 is 43.4 Å². The zero-order chi connectivity index (χ0) is 7.72. The minimum Gasteiger partial charge on any atom is -0.301 e. The van der Waals surface area contributed by atoms with Gasteiger partial charge in [-0.15, -0.1) is 0 Å². The van der Waals surface area contributed by atoms with E-state index in [0.717, 1.165) is 0 Å². The van der Waals surface area contributed by atoms with Gasteiger partial charge in [0.15, 0.2) is 0 Å². The summed E-state index contributed by atoms with van der Waals surface area (Å²) in [7, 11) is 0. The standard InChI is InChI=1S/C6H3Br2NO/c7-4-1-3(9)2-5(8)6(4)10/h1-2,9H. The molecular weight excluding hydrogens is 262 g/mol. The summed E-state index contributed by atoms with van der Waals surface area (Å²) in [4.78, 5) is 10.9. The molecule has 0 amide bonds. The highest BCUT2D eigenvalue weighted by atomic mass is 79.9. The number of nitrogens with one attached hydrogen (secondary N) is 1. The maximum atomic E-state index is 10.9. The molecule has 10 heavy (non-hydrogen) atoms. The van der Waals surface area contributed by atoms with Crippen LogP contribution < -0.4 is 0 Å². The summed E-state index contributed by atoms with van der Waals surface area (Å²) in [6.45, 7) is 0. The third kappa shape index (κ3) is 1.44. The van der Waals surface area contributed by atoms with Crippen LogP contribution in [0.4, 0.5) is 0 Å². The van der Waals surface area contributed by atoms with Crippen LogP contribution in [0.25, 0.3) is 0 Å². The van der Waals surface area contributed by atoms with Gasteiger partial charge in [0.2, 0.25) is 5.78 Å². The van der Waals surface area contributed by atoms with Gasteiger partial charge in [-0.2, -0.15) is 0 Å². The Morgan fingerprint density at radius 2 is 1.60 bits per heavy atom. The monoisotopic (exact) mass is 263 g/mol. The molecule has 0 atom stereocenters. The van der Waals surface area contributed by atoms with Gasteiger partial charge in [0.25, 0.3) is 0 Å². The van der Waals surface area contributed by atoms with Crippen LogP contribution in [-0.4, -0.2) is 11.5 Å². The van der Waals surface area contributed by atoms with Crippen LogP contribution in [0, 0.1) is 5.41 Å². The Morgan fingerprint density at radius 1 is 1.20 bits per heavy atom. The average Bonchev–Trinajstić information content (AvgIpc) is 1.82. The fourth-order valence-corrected chi connectivity index (χ4v) is 1.75. The fraction of sp³-hybridized carbons (Fsp3) is 0. The van der Waals surface area contributed by atoms with Crippen molar-refractivity contribution in [2.45, 2.75) is 0 Å². The molecule has 0 saturated carbocycles. The molecule has 0 aliphatic heterocycles. The molecule has 2 nitrogen and oxygen atoms in total. The molecule has 0 fully saturated rings. The minimum atomic E-state index is -0.115. The topological polar surface area (TPSA) is 40.9 Å². The van der Waals surface area contributed by atoms with E-state index < -0.39 is 0 Å². The number of ketones is 1. The molecule has 0 radical (unpaired) electrons. The quantitative estimate of drug-likeness (QED) is 0.670. The lowest BCUT2D eigenvalue weighted by Crippen LogP contribution is -2.05. The Labute approximate surface area is 74.8 Å². The molecule has 0 aromatic heterocycles. The highest BCUT2D eigenvalue weighted by Gasteiger charge is 2.15. The number of hydrogen-bond acceptors (Lipinski definition) is 2. The van der Waals surface area contributed by atoms with Gasteiger partial charge in [-0.25, -0.2) is 0 Å². The summed E-state index contributed by atoms with van der Waals surface area (Å²) in [5.41, 5.74) is 0.318. The first kappa shape index (κ1) is 7.88. The summed E-state index contributed by atoms with van der Waals surface area (Å²) < 4.78 is 0.846. The normalized spacial score (nSPS) is 18.6. The molecule has 0 heterocycles. The lowest BCUT2D eigenvalue weighted by Gasteiger charge is -2.02. The minimum absolute atomic E-state index is 0.115. The summed E-state index contributed by atoms with van der Waals surface area (Å²) in [6, 6.07) is 0. The molecule has 1 aliphatic carbocycles. The van der Waals surface area contributed by atoms with Crippen LogP contribution in [0.2, 0.25) is 0 Å². The second-order valence-electron chi connectivity index (χ2n) is 1.77. The predicted octanol–water partition coefficient (Wildman–Crippen LogP) is 2.15. The maximum absolute atomic E-state index is 10.9. The smallest absolute Gasteiger partial charge is 0.207 e. The number of rotatable bonds is 0. The zero-order valence-corrected chi connectivity index (χ0v) is 7.99. The van der Waals surface area contributed by atoms with Gasteiger partial charge in [-0.05, 0) is 44.0 Å². The van der Waals surface area contributed by atoms with Crippen LogP contribution in [0.3, 0.4) is 0 Å². The van der Waals surface area contributed by atoms with Gasteiger partial charge in [-0.3, -0.25) is 4.79 Å². The van der Waals surface area contributed by atoms with Gasteiger partial charge in [0.1, 0.15) is 0 Å². The Kier molecular flexibility index (Phi) is 2.21. The van der Waals surface area contributed by atoms with Crippen molar-refractivity contribution in [1.29, 1.82) is 5.41 Å². The van der Waals surface area contributed by atoms with E-state index in [4.69, 9.17) is 5.41 Å². The van der Waals surface area contributed by atoms with E-state index in [2.05, 4.69) is 31.9 Å². The fourth-order valence-electron chi connectivity index (χ4n) is 0.560. The largest absolute Gasteiger partial charge is 0.301 e. The molecule has 4 heteroatoms. The number of halogens is 2. The molecule has 1 aliphatic rings. The van der Waals surface area contributed by atoms with E-state index in [1.54, 1.807) is 0 Å². The SMILES string of the molecule is N=C1C=C(Br)C(=O)C(Br)=C1. The Balaban J connectivity index is 3.05. The first-order chi connectivity index (χ1) is 4.61. The van der Waals surface area contributed by atoms with Crippen molar-refractivity contribution in [2.75, 3.05) is 0 Å². The Bertz CT molecular complexity index is 241. The van der Waals surface area contributed by atoms with Crippen molar-refractivity contribution in [3.05, 3.63) is 21.1 Å². The lowest BCUT2D eigenvalue weighted by atomic mass is 10.2. The molecule has 0 unspecified atom stereocenters. The average molecular weight is 265 g/mol. The zero-order valence-electron chi connectivity index (χ0n) is 4.82. The molecule has 0 spiro atoms. The number of carbonyl (C=O) groups is 1. The molecular formula is C6H3Br2NO. The van der Waals surface area contributed by atoms with Crippen molar-refractivity contribution in [1.82, 2.24) is 0 Å². The summed E-state index contributed by atoms with van der Waals surface area (Å²) in [6.07, 6.45) is 2.93. The van der Waals surface area contributed by atoms with Crippen molar-refractivity contribution in [3.63, 3.8) is 0 Å². The predicted molar refractivity (Wildman–Crippen MR) is 46.8 cm³/mol.